The van der Waals surface area contributed by atoms with Gasteiger partial charge in [-0.3, -0.25) is 19.2 Å². The van der Waals surface area contributed by atoms with Crippen LogP contribution in [0.3, 0.4) is 0 Å². The molecule has 4 unspecified atom stereocenters. The minimum atomic E-state index is -1.41. The number of carbonyl (C=O) groups excluding carboxylic acids is 4. The van der Waals surface area contributed by atoms with E-state index in [1.807, 2.05) is 0 Å². The summed E-state index contributed by atoms with van der Waals surface area (Å²) in [6.07, 6.45) is -0.553. The van der Waals surface area contributed by atoms with E-state index in [2.05, 4.69) is 28.6 Å². The molecular formula is C15H27N5O6S. The second kappa shape index (κ2) is 11.4. The van der Waals surface area contributed by atoms with Crippen LogP contribution in [0, 0.1) is 5.92 Å². The summed E-state index contributed by atoms with van der Waals surface area (Å²) < 4.78 is 0. The minimum absolute atomic E-state index is 0.150. The van der Waals surface area contributed by atoms with Crippen LogP contribution in [0.4, 0.5) is 0 Å². The summed E-state index contributed by atoms with van der Waals surface area (Å²) >= 11 is 3.81. The molecule has 0 heterocycles. The van der Waals surface area contributed by atoms with Gasteiger partial charge < -0.3 is 32.5 Å². The van der Waals surface area contributed by atoms with Crippen LogP contribution in [-0.2, 0) is 24.0 Å². The summed E-state index contributed by atoms with van der Waals surface area (Å²) in [5, 5.41) is 15.8. The van der Waals surface area contributed by atoms with Crippen LogP contribution < -0.4 is 27.4 Å². The predicted octanol–water partition coefficient (Wildman–Crippen LogP) is -2.67. The smallest absolute Gasteiger partial charge is 0.327 e. The molecule has 154 valence electrons. The lowest BCUT2D eigenvalue weighted by atomic mass is 10.0. The summed E-state index contributed by atoms with van der Waals surface area (Å²) in [4.78, 5) is 58.5. The Bertz CT molecular complexity index is 585. The van der Waals surface area contributed by atoms with Gasteiger partial charge in [-0.2, -0.15) is 12.6 Å². The number of rotatable bonds is 11. The molecule has 0 saturated carbocycles. The number of thiol groups is 1. The molecule has 0 aliphatic heterocycles. The molecule has 0 spiro atoms. The van der Waals surface area contributed by atoms with E-state index in [0.717, 1.165) is 0 Å². The van der Waals surface area contributed by atoms with Crippen molar-refractivity contribution in [3.05, 3.63) is 0 Å². The van der Waals surface area contributed by atoms with Crippen molar-refractivity contribution in [1.82, 2.24) is 16.0 Å². The fraction of sp³-hybridized carbons (Fsp3) is 0.667. The van der Waals surface area contributed by atoms with Crippen LogP contribution >= 0.6 is 12.6 Å². The maximum absolute atomic E-state index is 12.2. The lowest BCUT2D eigenvalue weighted by molar-refractivity contribution is -0.141. The van der Waals surface area contributed by atoms with E-state index in [1.165, 1.54) is 6.92 Å². The van der Waals surface area contributed by atoms with Gasteiger partial charge in [-0.05, 0) is 12.8 Å². The first kappa shape index (κ1) is 24.7. The highest BCUT2D eigenvalue weighted by atomic mass is 32.1. The van der Waals surface area contributed by atoms with Gasteiger partial charge in [0.05, 0.1) is 12.5 Å². The van der Waals surface area contributed by atoms with Crippen molar-refractivity contribution in [2.24, 2.45) is 17.4 Å². The average Bonchev–Trinajstić information content (AvgIpc) is 2.56. The molecule has 0 aliphatic carbocycles. The van der Waals surface area contributed by atoms with Gasteiger partial charge >= 0.3 is 5.97 Å². The predicted molar refractivity (Wildman–Crippen MR) is 99.6 cm³/mol. The van der Waals surface area contributed by atoms with Gasteiger partial charge in [-0.15, -0.1) is 0 Å². The number of hydrogen-bond donors (Lipinski definition) is 7. The van der Waals surface area contributed by atoms with Crippen molar-refractivity contribution >= 4 is 42.2 Å². The number of carboxylic acid groups (broad SMARTS) is 1. The van der Waals surface area contributed by atoms with Gasteiger partial charge in [-0.25, -0.2) is 4.79 Å². The Labute approximate surface area is 162 Å². The van der Waals surface area contributed by atoms with Crippen molar-refractivity contribution in [2.45, 2.75) is 51.4 Å². The number of carbonyl (C=O) groups is 5. The zero-order chi connectivity index (χ0) is 21.3. The van der Waals surface area contributed by atoms with E-state index >= 15 is 0 Å². The van der Waals surface area contributed by atoms with Crippen molar-refractivity contribution in [2.75, 3.05) is 5.75 Å². The van der Waals surface area contributed by atoms with Crippen molar-refractivity contribution in [3.8, 4) is 0 Å². The average molecular weight is 405 g/mol. The molecule has 0 aromatic heterocycles. The molecule has 8 N–H and O–H groups in total. The Morgan fingerprint density at radius 2 is 1.44 bits per heavy atom. The molecule has 12 heteroatoms. The monoisotopic (exact) mass is 405 g/mol. The number of nitrogens with one attached hydrogen (secondary N) is 3. The highest BCUT2D eigenvalue weighted by Crippen LogP contribution is 2.00. The third-order valence-electron chi connectivity index (χ3n) is 3.61. The Hall–Kier alpha value is -2.34. The van der Waals surface area contributed by atoms with Crippen LogP contribution in [0.1, 0.15) is 27.2 Å². The molecular weight excluding hydrogens is 378 g/mol. The molecule has 4 atom stereocenters. The first-order valence-electron chi connectivity index (χ1n) is 8.19. The molecule has 0 saturated heterocycles. The first-order valence-corrected chi connectivity index (χ1v) is 8.82. The second-order valence-corrected chi connectivity index (χ2v) is 6.68. The molecule has 0 aliphatic rings. The molecule has 0 aromatic carbocycles. The lowest BCUT2D eigenvalue weighted by Crippen LogP contribution is -2.57. The number of amides is 4. The number of nitrogens with two attached hydrogens (primary N) is 2. The van der Waals surface area contributed by atoms with Crippen LogP contribution in [0.5, 0.6) is 0 Å². The van der Waals surface area contributed by atoms with E-state index in [9.17, 15) is 24.0 Å². The molecule has 0 rings (SSSR count). The summed E-state index contributed by atoms with van der Waals surface area (Å²) in [5.74, 6) is -4.79. The number of carboxylic acids is 1. The molecule has 0 radical (unpaired) electrons. The molecule has 27 heavy (non-hydrogen) atoms. The van der Waals surface area contributed by atoms with Crippen LogP contribution in [0.15, 0.2) is 0 Å². The standard InChI is InChI=1S/C15H27N5O6S/c1-6(2)11(17)14(24)18-7(3)12(22)19-8(4-10(16)21)13(23)20-9(5-27)15(25)26/h6-9,11,27H,4-5,17H2,1-3H3,(H2,16,21)(H,18,24)(H,19,22)(H,20,23)(H,25,26). The van der Waals surface area contributed by atoms with Crippen LogP contribution in [-0.4, -0.2) is 64.6 Å². The zero-order valence-corrected chi connectivity index (χ0v) is 16.3. The Kier molecular flexibility index (Phi) is 10.4. The quantitative estimate of drug-likeness (QED) is 0.182. The summed E-state index contributed by atoms with van der Waals surface area (Å²) in [5.41, 5.74) is 10.8. The maximum atomic E-state index is 12.2. The normalized spacial score (nSPS) is 15.2. The van der Waals surface area contributed by atoms with E-state index < -0.39 is 60.2 Å². The van der Waals surface area contributed by atoms with Gasteiger partial charge in [0.1, 0.15) is 18.1 Å². The molecule has 0 fully saturated rings. The topological polar surface area (TPSA) is 194 Å². The highest BCUT2D eigenvalue weighted by molar-refractivity contribution is 7.80. The molecule has 11 nitrogen and oxygen atoms in total. The fourth-order valence-corrected chi connectivity index (χ4v) is 2.09. The zero-order valence-electron chi connectivity index (χ0n) is 15.4. The van der Waals surface area contributed by atoms with Crippen molar-refractivity contribution in [3.63, 3.8) is 0 Å². The van der Waals surface area contributed by atoms with Gasteiger partial charge in [0.15, 0.2) is 0 Å². The van der Waals surface area contributed by atoms with Crippen LogP contribution in [0.2, 0.25) is 0 Å². The van der Waals surface area contributed by atoms with E-state index in [0.29, 0.717) is 0 Å². The maximum Gasteiger partial charge on any atom is 0.327 e. The largest absolute Gasteiger partial charge is 0.480 e. The van der Waals surface area contributed by atoms with E-state index in [1.54, 1.807) is 13.8 Å². The molecule has 0 bridgehead atoms. The third kappa shape index (κ3) is 8.73. The van der Waals surface area contributed by atoms with Gasteiger partial charge in [0.25, 0.3) is 0 Å². The fourth-order valence-electron chi connectivity index (χ4n) is 1.84. The van der Waals surface area contributed by atoms with Gasteiger partial charge in [-0.1, -0.05) is 13.8 Å². The van der Waals surface area contributed by atoms with Gasteiger partial charge in [0, 0.05) is 5.75 Å². The summed E-state index contributed by atoms with van der Waals surface area (Å²) in [6.45, 7) is 4.85. The Morgan fingerprint density at radius 3 is 1.85 bits per heavy atom. The van der Waals surface area contributed by atoms with Crippen molar-refractivity contribution < 1.29 is 29.1 Å². The SMILES string of the molecule is CC(NC(=O)C(N)C(C)C)C(=O)NC(CC(N)=O)C(=O)NC(CS)C(=O)O. The molecule has 4 amide bonds. The molecule has 0 aromatic rings. The summed E-state index contributed by atoms with van der Waals surface area (Å²) in [6, 6.07) is -4.59. The summed E-state index contributed by atoms with van der Waals surface area (Å²) in [7, 11) is 0. The second-order valence-electron chi connectivity index (χ2n) is 6.31. The van der Waals surface area contributed by atoms with Gasteiger partial charge in [0.2, 0.25) is 23.6 Å². The number of primary amides is 1. The van der Waals surface area contributed by atoms with E-state index in [-0.39, 0.29) is 11.7 Å². The first-order chi connectivity index (χ1) is 12.4. The number of hydrogen-bond acceptors (Lipinski definition) is 7. The van der Waals surface area contributed by atoms with Crippen molar-refractivity contribution in [1.29, 1.82) is 0 Å². The van der Waals surface area contributed by atoms with E-state index in [4.69, 9.17) is 16.6 Å². The highest BCUT2D eigenvalue weighted by Gasteiger charge is 2.29. The Morgan fingerprint density at radius 1 is 0.926 bits per heavy atom. The Balaban J connectivity index is 5.04. The van der Waals surface area contributed by atoms with Crippen LogP contribution in [0.25, 0.3) is 0 Å². The lowest BCUT2D eigenvalue weighted by Gasteiger charge is -2.23. The third-order valence-corrected chi connectivity index (χ3v) is 3.97. The minimum Gasteiger partial charge on any atom is -0.480 e. The number of aliphatic carboxylic acids is 1.